The molecule has 0 radical (unpaired) electrons. The van der Waals surface area contributed by atoms with E-state index in [4.69, 9.17) is 25.0 Å². The maximum Gasteiger partial charge on any atom is 0.341 e. The molecule has 0 spiro atoms. The van der Waals surface area contributed by atoms with Gasteiger partial charge in [0.05, 0.1) is 10.9 Å². The molecule has 1 aliphatic heterocycles. The number of carbonyl (C=O) groups is 2. The third-order valence-corrected chi connectivity index (χ3v) is 4.61. The Bertz CT molecular complexity index is 1310. The minimum Gasteiger partial charge on any atom is -0.456 e. The number of nitrogen functional groups attached to an aromatic ring is 1. The minimum atomic E-state index is -0.624. The molecule has 0 amide bonds. The van der Waals surface area contributed by atoms with Crippen LogP contribution in [0.15, 0.2) is 65.1 Å². The summed E-state index contributed by atoms with van der Waals surface area (Å²) in [6.45, 7) is 0.770. The molecule has 0 saturated heterocycles. The van der Waals surface area contributed by atoms with Crippen LogP contribution in [-0.2, 0) is 14.3 Å². The molecule has 0 aromatic heterocycles. The van der Waals surface area contributed by atoms with Gasteiger partial charge in [-0.1, -0.05) is 18.2 Å². The Morgan fingerprint density at radius 3 is 2.60 bits per heavy atom. The fraction of sp³-hybridized carbons (Fsp3) is 0.0870. The van der Waals surface area contributed by atoms with Crippen LogP contribution >= 0.6 is 0 Å². The van der Waals surface area contributed by atoms with Crippen molar-refractivity contribution in [3.05, 3.63) is 71.6 Å². The predicted molar refractivity (Wildman–Crippen MR) is 111 cm³/mol. The third kappa shape index (κ3) is 3.60. The van der Waals surface area contributed by atoms with Crippen molar-refractivity contribution in [1.29, 1.82) is 5.41 Å². The highest BCUT2D eigenvalue weighted by Gasteiger charge is 2.22. The van der Waals surface area contributed by atoms with E-state index in [0.717, 1.165) is 16.5 Å². The van der Waals surface area contributed by atoms with E-state index in [9.17, 15) is 9.59 Å². The minimum absolute atomic E-state index is 0.300. The van der Waals surface area contributed by atoms with Crippen molar-refractivity contribution in [3.8, 4) is 22.5 Å². The molecule has 1 aliphatic carbocycles. The van der Waals surface area contributed by atoms with E-state index in [1.807, 2.05) is 18.2 Å². The quantitative estimate of drug-likeness (QED) is 0.231. The van der Waals surface area contributed by atoms with Crippen molar-refractivity contribution in [2.45, 2.75) is 6.92 Å². The molecule has 0 unspecified atom stereocenters. The van der Waals surface area contributed by atoms with Crippen molar-refractivity contribution in [2.75, 3.05) is 12.5 Å². The second kappa shape index (κ2) is 7.71. The molecule has 150 valence electrons. The number of hydrogen-bond donors (Lipinski definition) is 2. The fourth-order valence-corrected chi connectivity index (χ4v) is 3.32. The molecule has 0 saturated carbocycles. The van der Waals surface area contributed by atoms with Gasteiger partial charge < -0.3 is 25.0 Å². The molecule has 0 atom stereocenters. The van der Waals surface area contributed by atoms with Gasteiger partial charge in [-0.25, -0.2) is 4.79 Å². The van der Waals surface area contributed by atoms with Crippen LogP contribution in [0.4, 0.5) is 5.69 Å². The SMILES string of the molecule is CC(=O)OCOC(=O)c1ccccc1-c1c2ccc(=N)cc-2oc2cc(N)ccc12. The second-order valence-corrected chi connectivity index (χ2v) is 6.67. The number of hydrogen-bond acceptors (Lipinski definition) is 7. The predicted octanol–water partition coefficient (Wildman–Crippen LogP) is 3.94. The number of nitrogens with one attached hydrogen (secondary N) is 1. The van der Waals surface area contributed by atoms with Gasteiger partial charge in [0.2, 0.25) is 6.79 Å². The van der Waals surface area contributed by atoms with Gasteiger partial charge in [0, 0.05) is 41.3 Å². The van der Waals surface area contributed by atoms with Crippen molar-refractivity contribution >= 4 is 28.6 Å². The molecule has 4 rings (SSSR count). The van der Waals surface area contributed by atoms with Crippen LogP contribution in [0.2, 0.25) is 0 Å². The number of carbonyl (C=O) groups excluding carboxylic acids is 2. The first-order chi connectivity index (χ1) is 14.4. The van der Waals surface area contributed by atoms with Crippen LogP contribution in [0.5, 0.6) is 0 Å². The summed E-state index contributed by atoms with van der Waals surface area (Å²) in [5, 5.41) is 8.98. The van der Waals surface area contributed by atoms with Crippen molar-refractivity contribution < 1.29 is 23.5 Å². The van der Waals surface area contributed by atoms with E-state index >= 15 is 0 Å². The smallest absolute Gasteiger partial charge is 0.341 e. The first-order valence-corrected chi connectivity index (χ1v) is 9.14. The normalized spacial score (nSPS) is 10.8. The lowest BCUT2D eigenvalue weighted by Crippen LogP contribution is -2.12. The second-order valence-electron chi connectivity index (χ2n) is 6.67. The Morgan fingerprint density at radius 2 is 1.80 bits per heavy atom. The average Bonchev–Trinajstić information content (AvgIpc) is 2.71. The number of fused-ring (bicyclic) bond motifs is 2. The molecule has 7 nitrogen and oxygen atoms in total. The van der Waals surface area contributed by atoms with Gasteiger partial charge in [-0.2, -0.15) is 0 Å². The van der Waals surface area contributed by atoms with Gasteiger partial charge in [0.15, 0.2) is 0 Å². The van der Waals surface area contributed by atoms with E-state index in [-0.39, 0.29) is 0 Å². The average molecular weight is 402 g/mol. The molecule has 0 fully saturated rings. The van der Waals surface area contributed by atoms with Crippen LogP contribution in [0.3, 0.4) is 0 Å². The molecular formula is C23H18N2O5. The lowest BCUT2D eigenvalue weighted by atomic mass is 9.91. The zero-order chi connectivity index (χ0) is 21.3. The highest BCUT2D eigenvalue weighted by Crippen LogP contribution is 2.41. The number of ether oxygens (including phenoxy) is 2. The van der Waals surface area contributed by atoms with Gasteiger partial charge in [0.1, 0.15) is 11.3 Å². The summed E-state index contributed by atoms with van der Waals surface area (Å²) in [5.41, 5.74) is 9.43. The summed E-state index contributed by atoms with van der Waals surface area (Å²) in [6.07, 6.45) is 0. The molecule has 0 bridgehead atoms. The monoisotopic (exact) mass is 402 g/mol. The zero-order valence-electron chi connectivity index (χ0n) is 16.1. The van der Waals surface area contributed by atoms with Gasteiger partial charge in [0.25, 0.3) is 0 Å². The number of anilines is 1. The Kier molecular flexibility index (Phi) is 4.93. The van der Waals surface area contributed by atoms with Crippen LogP contribution in [0.1, 0.15) is 17.3 Å². The van der Waals surface area contributed by atoms with Crippen LogP contribution < -0.4 is 11.1 Å². The number of rotatable bonds is 4. The highest BCUT2D eigenvalue weighted by molar-refractivity contribution is 6.08. The standard InChI is InChI=1S/C23H18N2O5/c1-13(26)28-12-29-23(27)17-5-3-2-4-16(17)22-18-8-6-14(24)10-20(18)30-21-11-15(25)7-9-19(21)22/h2-11,24H,12,25H2,1H3. The molecule has 2 aromatic rings. The maximum atomic E-state index is 12.7. The Morgan fingerprint density at radius 1 is 1.00 bits per heavy atom. The van der Waals surface area contributed by atoms with Crippen LogP contribution in [0.25, 0.3) is 33.4 Å². The number of nitrogens with two attached hydrogens (primary N) is 1. The first kappa shape index (κ1) is 19.2. The van der Waals surface area contributed by atoms with Crippen LogP contribution in [0, 0.1) is 5.41 Å². The summed E-state index contributed by atoms with van der Waals surface area (Å²) in [5.74, 6) is -0.665. The van der Waals surface area contributed by atoms with Crippen LogP contribution in [-0.4, -0.2) is 18.7 Å². The van der Waals surface area contributed by atoms with Crippen molar-refractivity contribution in [2.24, 2.45) is 0 Å². The Balaban J connectivity index is 1.94. The van der Waals surface area contributed by atoms with Crippen molar-refractivity contribution in [3.63, 3.8) is 0 Å². The molecule has 30 heavy (non-hydrogen) atoms. The lowest BCUT2D eigenvalue weighted by Gasteiger charge is -2.17. The highest BCUT2D eigenvalue weighted by atomic mass is 16.7. The third-order valence-electron chi connectivity index (χ3n) is 4.61. The molecule has 1 heterocycles. The lowest BCUT2D eigenvalue weighted by molar-refractivity contribution is -0.149. The summed E-state index contributed by atoms with van der Waals surface area (Å²) < 4.78 is 15.8. The fourth-order valence-electron chi connectivity index (χ4n) is 3.32. The summed E-state index contributed by atoms with van der Waals surface area (Å²) in [7, 11) is 0. The molecular weight excluding hydrogens is 384 g/mol. The zero-order valence-corrected chi connectivity index (χ0v) is 16.1. The summed E-state index contributed by atoms with van der Waals surface area (Å²) >= 11 is 0. The molecule has 2 aromatic carbocycles. The van der Waals surface area contributed by atoms with Crippen molar-refractivity contribution in [1.82, 2.24) is 0 Å². The van der Waals surface area contributed by atoms with E-state index in [0.29, 0.717) is 33.5 Å². The van der Waals surface area contributed by atoms with Gasteiger partial charge in [-0.15, -0.1) is 0 Å². The molecule has 3 N–H and O–H groups in total. The molecule has 7 heteroatoms. The Hall–Kier alpha value is -4.13. The van der Waals surface area contributed by atoms with Gasteiger partial charge in [-0.05, 0) is 35.9 Å². The van der Waals surface area contributed by atoms with E-state index in [1.54, 1.807) is 42.5 Å². The molecule has 2 aliphatic rings. The maximum absolute atomic E-state index is 12.7. The topological polar surface area (TPSA) is 116 Å². The number of benzene rings is 3. The van der Waals surface area contributed by atoms with Gasteiger partial charge >= 0.3 is 11.9 Å². The van der Waals surface area contributed by atoms with E-state index < -0.39 is 18.7 Å². The largest absolute Gasteiger partial charge is 0.456 e. The summed E-state index contributed by atoms with van der Waals surface area (Å²) in [6, 6.07) is 17.3. The number of esters is 2. The Labute approximate surface area is 171 Å². The summed E-state index contributed by atoms with van der Waals surface area (Å²) in [4.78, 5) is 23.7. The first-order valence-electron chi connectivity index (χ1n) is 9.14. The van der Waals surface area contributed by atoms with Gasteiger partial charge in [-0.3, -0.25) is 4.79 Å². The van der Waals surface area contributed by atoms with E-state index in [1.165, 1.54) is 6.92 Å². The van der Waals surface area contributed by atoms with E-state index in [2.05, 4.69) is 0 Å².